The summed E-state index contributed by atoms with van der Waals surface area (Å²) in [5.41, 5.74) is -0.0422. The van der Waals surface area contributed by atoms with Crippen molar-refractivity contribution in [1.82, 2.24) is 10.3 Å². The molecule has 6 nitrogen and oxygen atoms in total. The average molecular weight is 313 g/mol. The zero-order valence-electron chi connectivity index (χ0n) is 11.2. The second-order valence-corrected chi connectivity index (χ2v) is 5.37. The summed E-state index contributed by atoms with van der Waals surface area (Å²) in [6, 6.07) is 2.06. The van der Waals surface area contributed by atoms with Crippen LogP contribution in [0.5, 0.6) is 0 Å². The van der Waals surface area contributed by atoms with E-state index in [0.717, 1.165) is 18.9 Å². The lowest BCUT2D eigenvalue weighted by atomic mass is 10.1. The van der Waals surface area contributed by atoms with Crippen molar-refractivity contribution in [3.63, 3.8) is 0 Å². The van der Waals surface area contributed by atoms with Gasteiger partial charge in [0.2, 0.25) is 0 Å². The van der Waals surface area contributed by atoms with Crippen LogP contribution < -0.4 is 10.6 Å². The van der Waals surface area contributed by atoms with Gasteiger partial charge in [0.25, 0.3) is 0 Å². The monoisotopic (exact) mass is 312 g/mol. The minimum Gasteiger partial charge on any atom is -0.465 e. The topological polar surface area (TPSA) is 98.0 Å². The molecule has 0 unspecified atom stereocenters. The fourth-order valence-corrected chi connectivity index (χ4v) is 2.38. The molecule has 21 heavy (non-hydrogen) atoms. The highest BCUT2D eigenvalue weighted by Gasteiger charge is 2.36. The molecule has 0 radical (unpaired) electrons. The van der Waals surface area contributed by atoms with E-state index >= 15 is 0 Å². The normalized spacial score (nSPS) is 16.7. The summed E-state index contributed by atoms with van der Waals surface area (Å²) >= 11 is 5.79. The first-order valence-electron chi connectivity index (χ1n) is 6.44. The number of amides is 1. The van der Waals surface area contributed by atoms with Crippen molar-refractivity contribution < 1.29 is 14.3 Å². The van der Waals surface area contributed by atoms with Gasteiger partial charge in [-0.05, 0) is 31.7 Å². The molecule has 0 aromatic carbocycles. The van der Waals surface area contributed by atoms with E-state index in [1.54, 1.807) is 13.0 Å². The number of anilines is 1. The summed E-state index contributed by atoms with van der Waals surface area (Å²) in [4.78, 5) is 14.6. The van der Waals surface area contributed by atoms with Crippen LogP contribution in [0.15, 0.2) is 6.07 Å². The Morgan fingerprint density at radius 3 is 2.86 bits per heavy atom. The van der Waals surface area contributed by atoms with Crippen molar-refractivity contribution in [2.75, 3.05) is 5.32 Å². The third kappa shape index (κ3) is 3.73. The molecule has 1 aliphatic carbocycles. The number of nitrogens with zero attached hydrogens (tertiary/aromatic N) is 2. The Hall–Kier alpha value is -2.07. The van der Waals surface area contributed by atoms with Gasteiger partial charge in [0.15, 0.2) is 11.6 Å². The van der Waals surface area contributed by atoms with E-state index in [1.807, 2.05) is 0 Å². The number of nitrogens with one attached hydrogen (secondary N) is 2. The quantitative estimate of drug-likeness (QED) is 0.726. The first-order chi connectivity index (χ1) is 9.92. The lowest BCUT2D eigenvalue weighted by Gasteiger charge is -2.25. The molecular weight excluding hydrogens is 299 g/mol. The number of hydrogen-bond donors (Lipinski definition) is 3. The molecule has 0 bridgehead atoms. The van der Waals surface area contributed by atoms with Crippen LogP contribution in [0.3, 0.4) is 0 Å². The van der Waals surface area contributed by atoms with Crippen LogP contribution in [-0.4, -0.2) is 28.3 Å². The summed E-state index contributed by atoms with van der Waals surface area (Å²) in [6.07, 6.45) is 0.741. The minimum atomic E-state index is -1.14. The third-order valence-electron chi connectivity index (χ3n) is 3.37. The summed E-state index contributed by atoms with van der Waals surface area (Å²) in [5.74, 6) is -0.512. The van der Waals surface area contributed by atoms with E-state index < -0.39 is 18.0 Å². The molecule has 1 fully saturated rings. The second-order valence-electron chi connectivity index (χ2n) is 5.01. The number of hydrogen-bond acceptors (Lipinski definition) is 4. The maximum Gasteiger partial charge on any atom is 0.404 e. The Balaban J connectivity index is 2.19. The van der Waals surface area contributed by atoms with E-state index in [2.05, 4.69) is 15.6 Å². The SMILES string of the molecule is C[C@H](NC(=O)O)[C@@H](Nc1nc(Cl)c(C#N)cc1F)C1CC1. The lowest BCUT2D eigenvalue weighted by Crippen LogP contribution is -2.45. The van der Waals surface area contributed by atoms with Gasteiger partial charge in [-0.3, -0.25) is 0 Å². The standard InChI is InChI=1S/C13H14ClFN4O2/c1-6(17-13(20)21)10(7-2-3-7)18-12-9(15)4-8(5-16)11(14)19-12/h4,6-7,10,17H,2-3H2,1H3,(H,18,19)(H,20,21)/t6-,10+/m0/s1. The van der Waals surface area contributed by atoms with Crippen LogP contribution in [0.25, 0.3) is 0 Å². The fourth-order valence-electron chi connectivity index (χ4n) is 2.19. The average Bonchev–Trinajstić information content (AvgIpc) is 3.22. The van der Waals surface area contributed by atoms with Gasteiger partial charge >= 0.3 is 6.09 Å². The van der Waals surface area contributed by atoms with E-state index in [-0.39, 0.29) is 28.5 Å². The molecule has 1 aromatic heterocycles. The Bertz CT molecular complexity index is 601. The number of aromatic nitrogens is 1. The Kier molecular flexibility index (Phi) is 4.48. The number of carbonyl (C=O) groups is 1. The molecule has 0 aliphatic heterocycles. The number of halogens is 2. The first-order valence-corrected chi connectivity index (χ1v) is 6.82. The van der Waals surface area contributed by atoms with Crippen LogP contribution in [0, 0.1) is 23.1 Å². The van der Waals surface area contributed by atoms with Gasteiger partial charge < -0.3 is 15.7 Å². The van der Waals surface area contributed by atoms with Crippen LogP contribution in [-0.2, 0) is 0 Å². The molecule has 0 saturated heterocycles. The molecule has 8 heteroatoms. The molecule has 0 spiro atoms. The van der Waals surface area contributed by atoms with E-state index in [1.165, 1.54) is 0 Å². The number of nitriles is 1. The highest BCUT2D eigenvalue weighted by atomic mass is 35.5. The number of rotatable bonds is 5. The maximum absolute atomic E-state index is 13.9. The van der Waals surface area contributed by atoms with Gasteiger partial charge in [0, 0.05) is 6.04 Å². The van der Waals surface area contributed by atoms with Crippen LogP contribution in [0.4, 0.5) is 15.0 Å². The van der Waals surface area contributed by atoms with Crippen molar-refractivity contribution >= 4 is 23.5 Å². The van der Waals surface area contributed by atoms with Gasteiger partial charge in [0.1, 0.15) is 11.2 Å². The number of carboxylic acid groups (broad SMARTS) is 1. The largest absolute Gasteiger partial charge is 0.465 e. The van der Waals surface area contributed by atoms with Crippen molar-refractivity contribution in [2.45, 2.75) is 31.8 Å². The highest BCUT2D eigenvalue weighted by molar-refractivity contribution is 6.30. The van der Waals surface area contributed by atoms with Gasteiger partial charge in [-0.2, -0.15) is 5.26 Å². The van der Waals surface area contributed by atoms with E-state index in [4.69, 9.17) is 22.0 Å². The molecule has 2 rings (SSSR count). The van der Waals surface area contributed by atoms with Crippen molar-refractivity contribution in [2.24, 2.45) is 5.92 Å². The zero-order valence-corrected chi connectivity index (χ0v) is 12.0. The molecule has 1 amide bonds. The van der Waals surface area contributed by atoms with Crippen molar-refractivity contribution in [1.29, 1.82) is 5.26 Å². The molecule has 1 aromatic rings. The first kappa shape index (κ1) is 15.3. The molecular formula is C13H14ClFN4O2. The lowest BCUT2D eigenvalue weighted by molar-refractivity contribution is 0.188. The Labute approximate surface area is 125 Å². The molecule has 1 aliphatic rings. The smallest absolute Gasteiger partial charge is 0.404 e. The molecule has 3 N–H and O–H groups in total. The summed E-state index contributed by atoms with van der Waals surface area (Å²) in [5, 5.41) is 22.7. The van der Waals surface area contributed by atoms with Gasteiger partial charge in [-0.15, -0.1) is 0 Å². The molecule has 1 heterocycles. The molecule has 1 saturated carbocycles. The second kappa shape index (κ2) is 6.14. The van der Waals surface area contributed by atoms with Gasteiger partial charge in [-0.25, -0.2) is 14.2 Å². The fraction of sp³-hybridized carbons (Fsp3) is 0.462. The Morgan fingerprint density at radius 1 is 1.67 bits per heavy atom. The van der Waals surface area contributed by atoms with E-state index in [0.29, 0.717) is 0 Å². The predicted molar refractivity (Wildman–Crippen MR) is 74.7 cm³/mol. The summed E-state index contributed by atoms with van der Waals surface area (Å²) < 4.78 is 13.9. The van der Waals surface area contributed by atoms with Crippen LogP contribution >= 0.6 is 11.6 Å². The predicted octanol–water partition coefficient (Wildman–Crippen LogP) is 2.59. The summed E-state index contributed by atoms with van der Waals surface area (Å²) in [7, 11) is 0. The highest BCUT2D eigenvalue weighted by Crippen LogP contribution is 2.36. The maximum atomic E-state index is 13.9. The van der Waals surface area contributed by atoms with Gasteiger partial charge in [0.05, 0.1) is 11.6 Å². The van der Waals surface area contributed by atoms with Crippen LogP contribution in [0.2, 0.25) is 5.15 Å². The third-order valence-corrected chi connectivity index (χ3v) is 3.66. The summed E-state index contributed by atoms with van der Waals surface area (Å²) in [6.45, 7) is 1.70. The zero-order chi connectivity index (χ0) is 15.6. The minimum absolute atomic E-state index is 0.0422. The molecule has 112 valence electrons. The number of pyridine rings is 1. The van der Waals surface area contributed by atoms with E-state index in [9.17, 15) is 9.18 Å². The van der Waals surface area contributed by atoms with Crippen LogP contribution in [0.1, 0.15) is 25.3 Å². The van der Waals surface area contributed by atoms with Crippen molar-refractivity contribution in [3.8, 4) is 6.07 Å². The van der Waals surface area contributed by atoms with Gasteiger partial charge in [-0.1, -0.05) is 11.6 Å². The Morgan fingerprint density at radius 2 is 2.33 bits per heavy atom. The molecule has 2 atom stereocenters. The van der Waals surface area contributed by atoms with Crippen molar-refractivity contribution in [3.05, 3.63) is 22.6 Å².